The van der Waals surface area contributed by atoms with E-state index in [1.165, 1.54) is 13.8 Å². The molecule has 0 amide bonds. The molecule has 0 bridgehead atoms. The largest absolute Gasteiger partial charge is 0.491 e. The van der Waals surface area contributed by atoms with Gasteiger partial charge in [-0.15, -0.1) is 0 Å². The van der Waals surface area contributed by atoms with Crippen molar-refractivity contribution in [1.82, 2.24) is 0 Å². The van der Waals surface area contributed by atoms with E-state index in [0.29, 0.717) is 0 Å². The maximum Gasteiger partial charge on any atom is 0.204 e. The Balaban J connectivity index is 3.59. The third-order valence-electron chi connectivity index (χ3n) is 2.04. The predicted molar refractivity (Wildman–Crippen MR) is 46.9 cm³/mol. The van der Waals surface area contributed by atoms with Crippen molar-refractivity contribution in [1.29, 1.82) is 0 Å². The zero-order valence-electron chi connectivity index (χ0n) is 8.50. The van der Waals surface area contributed by atoms with Crippen LogP contribution in [-0.4, -0.2) is 7.11 Å². The SMILES string of the molecule is COc1c(F)c(F)c(C(C)C)c(F)c1F. The summed E-state index contributed by atoms with van der Waals surface area (Å²) in [7, 11) is 0.940. The number of halogens is 4. The summed E-state index contributed by atoms with van der Waals surface area (Å²) in [6.07, 6.45) is 0. The highest BCUT2D eigenvalue weighted by atomic mass is 19.2. The molecule has 0 saturated carbocycles. The van der Waals surface area contributed by atoms with Gasteiger partial charge in [-0.2, -0.15) is 8.78 Å². The molecule has 0 N–H and O–H groups in total. The lowest BCUT2D eigenvalue weighted by molar-refractivity contribution is 0.327. The van der Waals surface area contributed by atoms with Gasteiger partial charge in [0.05, 0.1) is 7.11 Å². The van der Waals surface area contributed by atoms with Crippen LogP contribution in [0, 0.1) is 23.3 Å². The summed E-state index contributed by atoms with van der Waals surface area (Å²) in [6, 6.07) is 0. The first-order valence-corrected chi connectivity index (χ1v) is 4.31. The van der Waals surface area contributed by atoms with Crippen LogP contribution in [0.4, 0.5) is 17.6 Å². The van der Waals surface area contributed by atoms with Gasteiger partial charge >= 0.3 is 0 Å². The third kappa shape index (κ3) is 1.78. The van der Waals surface area contributed by atoms with E-state index in [4.69, 9.17) is 0 Å². The van der Waals surface area contributed by atoms with E-state index in [0.717, 1.165) is 7.11 Å². The first-order valence-electron chi connectivity index (χ1n) is 4.31. The average molecular weight is 222 g/mol. The fourth-order valence-corrected chi connectivity index (χ4v) is 1.31. The molecule has 0 fully saturated rings. The van der Waals surface area contributed by atoms with Crippen LogP contribution in [0.2, 0.25) is 0 Å². The molecule has 15 heavy (non-hydrogen) atoms. The van der Waals surface area contributed by atoms with Crippen LogP contribution in [0.3, 0.4) is 0 Å². The summed E-state index contributed by atoms with van der Waals surface area (Å²) in [5.41, 5.74) is -0.606. The van der Waals surface area contributed by atoms with Gasteiger partial charge in [-0.3, -0.25) is 0 Å². The molecule has 0 radical (unpaired) electrons. The lowest BCUT2D eigenvalue weighted by Gasteiger charge is -2.12. The van der Waals surface area contributed by atoms with Crippen LogP contribution in [0.5, 0.6) is 5.75 Å². The first-order chi connectivity index (χ1) is 6.91. The number of rotatable bonds is 2. The standard InChI is InChI=1S/C10H10F4O/c1-4(2)5-6(11)8(13)10(15-3)9(14)7(5)12/h4H,1-3H3. The van der Waals surface area contributed by atoms with Gasteiger partial charge in [-0.1, -0.05) is 13.8 Å². The van der Waals surface area contributed by atoms with Gasteiger partial charge in [0.1, 0.15) is 0 Å². The Morgan fingerprint density at radius 1 is 0.867 bits per heavy atom. The smallest absolute Gasteiger partial charge is 0.204 e. The van der Waals surface area contributed by atoms with Gasteiger partial charge in [0.25, 0.3) is 0 Å². The Morgan fingerprint density at radius 3 is 1.53 bits per heavy atom. The van der Waals surface area contributed by atoms with E-state index in [2.05, 4.69) is 4.74 Å². The molecule has 0 unspecified atom stereocenters. The Morgan fingerprint density at radius 2 is 1.27 bits per heavy atom. The van der Waals surface area contributed by atoms with Crippen LogP contribution in [0.25, 0.3) is 0 Å². The molecule has 0 aliphatic carbocycles. The summed E-state index contributed by atoms with van der Waals surface area (Å²) in [4.78, 5) is 0. The minimum Gasteiger partial charge on any atom is -0.491 e. The number of hydrogen-bond acceptors (Lipinski definition) is 1. The van der Waals surface area contributed by atoms with E-state index in [-0.39, 0.29) is 0 Å². The van der Waals surface area contributed by atoms with Crippen molar-refractivity contribution in [3.63, 3.8) is 0 Å². The van der Waals surface area contributed by atoms with Crippen molar-refractivity contribution >= 4 is 0 Å². The second kappa shape index (κ2) is 4.08. The monoisotopic (exact) mass is 222 g/mol. The minimum absolute atomic E-state index is 0.606. The molecule has 1 aromatic carbocycles. The molecule has 5 heteroatoms. The molecule has 0 heterocycles. The highest BCUT2D eigenvalue weighted by molar-refractivity contribution is 5.35. The fraction of sp³-hybridized carbons (Fsp3) is 0.400. The maximum absolute atomic E-state index is 13.3. The van der Waals surface area contributed by atoms with Crippen LogP contribution < -0.4 is 4.74 Å². The Labute approximate surface area is 84.7 Å². The second-order valence-electron chi connectivity index (χ2n) is 3.36. The highest BCUT2D eigenvalue weighted by Crippen LogP contribution is 2.33. The summed E-state index contributed by atoms with van der Waals surface area (Å²) >= 11 is 0. The van der Waals surface area contributed by atoms with Gasteiger partial charge in [0.15, 0.2) is 17.4 Å². The molecule has 84 valence electrons. The normalized spacial score (nSPS) is 10.9. The molecule has 0 atom stereocenters. The second-order valence-corrected chi connectivity index (χ2v) is 3.36. The quantitative estimate of drug-likeness (QED) is 0.550. The van der Waals surface area contributed by atoms with Gasteiger partial charge < -0.3 is 4.74 Å². The van der Waals surface area contributed by atoms with Crippen LogP contribution in [0.1, 0.15) is 25.3 Å². The summed E-state index contributed by atoms with van der Waals surface area (Å²) in [6.45, 7) is 2.87. The Kier molecular flexibility index (Phi) is 3.21. The summed E-state index contributed by atoms with van der Waals surface area (Å²) < 4.78 is 57.1. The lowest BCUT2D eigenvalue weighted by atomic mass is 10.0. The van der Waals surface area contributed by atoms with E-state index in [1.54, 1.807) is 0 Å². The molecular weight excluding hydrogens is 212 g/mol. The van der Waals surface area contributed by atoms with Crippen molar-refractivity contribution in [2.75, 3.05) is 7.11 Å². The van der Waals surface area contributed by atoms with E-state index < -0.39 is 40.5 Å². The number of methoxy groups -OCH3 is 1. The fourth-order valence-electron chi connectivity index (χ4n) is 1.31. The topological polar surface area (TPSA) is 9.23 Å². The van der Waals surface area contributed by atoms with Gasteiger partial charge in [-0.25, -0.2) is 8.78 Å². The van der Waals surface area contributed by atoms with Crippen molar-refractivity contribution in [3.05, 3.63) is 28.8 Å². The number of benzene rings is 1. The van der Waals surface area contributed by atoms with E-state index in [1.807, 2.05) is 0 Å². The van der Waals surface area contributed by atoms with Gasteiger partial charge in [-0.05, 0) is 5.92 Å². The lowest BCUT2D eigenvalue weighted by Crippen LogP contribution is -2.07. The molecule has 1 rings (SSSR count). The van der Waals surface area contributed by atoms with Crippen molar-refractivity contribution in [2.45, 2.75) is 19.8 Å². The van der Waals surface area contributed by atoms with Crippen molar-refractivity contribution in [2.24, 2.45) is 0 Å². The maximum atomic E-state index is 13.3. The van der Waals surface area contributed by atoms with Gasteiger partial charge in [0, 0.05) is 5.56 Å². The molecule has 1 nitrogen and oxygen atoms in total. The highest BCUT2D eigenvalue weighted by Gasteiger charge is 2.27. The number of hydrogen-bond donors (Lipinski definition) is 0. The molecule has 0 saturated heterocycles. The van der Waals surface area contributed by atoms with Crippen LogP contribution in [-0.2, 0) is 0 Å². The van der Waals surface area contributed by atoms with Crippen molar-refractivity contribution < 1.29 is 22.3 Å². The molecule has 1 aromatic rings. The Bertz CT molecular complexity index is 358. The zero-order valence-corrected chi connectivity index (χ0v) is 8.50. The predicted octanol–water partition coefficient (Wildman–Crippen LogP) is 3.38. The van der Waals surface area contributed by atoms with Gasteiger partial charge in [0.2, 0.25) is 11.6 Å². The number of ether oxygens (including phenoxy) is 1. The summed E-state index contributed by atoms with van der Waals surface area (Å²) in [5.74, 6) is -7.49. The molecule has 0 aliphatic heterocycles. The minimum atomic E-state index is -1.50. The van der Waals surface area contributed by atoms with E-state index >= 15 is 0 Å². The summed E-state index contributed by atoms with van der Waals surface area (Å²) in [5, 5.41) is 0. The molecule has 0 aliphatic rings. The molecular formula is C10H10F4O. The van der Waals surface area contributed by atoms with E-state index in [9.17, 15) is 17.6 Å². The van der Waals surface area contributed by atoms with Crippen LogP contribution >= 0.6 is 0 Å². The van der Waals surface area contributed by atoms with Crippen molar-refractivity contribution in [3.8, 4) is 5.75 Å². The Hall–Kier alpha value is -1.26. The van der Waals surface area contributed by atoms with Crippen LogP contribution in [0.15, 0.2) is 0 Å². The molecule has 0 spiro atoms. The molecule has 0 aromatic heterocycles. The third-order valence-corrected chi connectivity index (χ3v) is 2.04. The average Bonchev–Trinajstić information content (AvgIpc) is 2.16. The zero-order chi connectivity index (χ0) is 11.7. The first kappa shape index (κ1) is 11.8.